The zero-order valence-electron chi connectivity index (χ0n) is 16.0. The molecule has 27 heavy (non-hydrogen) atoms. The molecule has 142 valence electrons. The Labute approximate surface area is 159 Å². The van der Waals surface area contributed by atoms with Crippen molar-refractivity contribution in [1.82, 2.24) is 9.80 Å². The van der Waals surface area contributed by atoms with Crippen LogP contribution in [0.1, 0.15) is 21.5 Å². The summed E-state index contributed by atoms with van der Waals surface area (Å²) in [4.78, 5) is 28.8. The van der Waals surface area contributed by atoms with Crippen LogP contribution >= 0.6 is 0 Å². The van der Waals surface area contributed by atoms with Gasteiger partial charge in [0.2, 0.25) is 0 Å². The molecule has 3 amide bonds. The Hall–Kier alpha value is -3.02. The molecule has 0 unspecified atom stereocenters. The number of methoxy groups -OCH3 is 1. The summed E-state index contributed by atoms with van der Waals surface area (Å²) < 4.78 is 5.32. The van der Waals surface area contributed by atoms with E-state index in [1.54, 1.807) is 16.9 Å². The molecular weight excluding hydrogens is 342 g/mol. The topological polar surface area (TPSA) is 61.9 Å². The second kappa shape index (κ2) is 8.12. The molecule has 3 rings (SSSR count). The normalized spacial score (nSPS) is 14.0. The minimum absolute atomic E-state index is 0.00127. The average Bonchev–Trinajstić information content (AvgIpc) is 2.69. The lowest BCUT2D eigenvalue weighted by atomic mass is 10.0. The number of piperazine rings is 1. The lowest BCUT2D eigenvalue weighted by molar-refractivity contribution is 0.0671. The standard InChI is InChI=1S/C21H25N3O3/c1-15-14-19(27-3)16(2)13-18(15)20(25)23-9-11-24(12-10-23)21(26)22-17-7-5-4-6-8-17/h4-8,13-14H,9-12H2,1-3H3,(H,22,26). The summed E-state index contributed by atoms with van der Waals surface area (Å²) in [6.45, 7) is 5.91. The number of para-hydroxylation sites is 1. The molecule has 1 fully saturated rings. The van der Waals surface area contributed by atoms with Gasteiger partial charge in [-0.05, 0) is 49.2 Å². The quantitative estimate of drug-likeness (QED) is 0.905. The number of benzene rings is 2. The highest BCUT2D eigenvalue weighted by atomic mass is 16.5. The van der Waals surface area contributed by atoms with Crippen molar-refractivity contribution in [2.75, 3.05) is 38.6 Å². The zero-order chi connectivity index (χ0) is 19.4. The molecule has 1 aliphatic heterocycles. The number of aryl methyl sites for hydroxylation is 2. The van der Waals surface area contributed by atoms with Gasteiger partial charge in [0.1, 0.15) is 5.75 Å². The van der Waals surface area contributed by atoms with Crippen molar-refractivity contribution in [3.8, 4) is 5.75 Å². The van der Waals surface area contributed by atoms with Crippen LogP contribution in [0.5, 0.6) is 5.75 Å². The first-order valence-electron chi connectivity index (χ1n) is 9.05. The highest BCUT2D eigenvalue weighted by Crippen LogP contribution is 2.24. The number of amides is 3. The highest BCUT2D eigenvalue weighted by Gasteiger charge is 2.26. The number of nitrogens with zero attached hydrogens (tertiary/aromatic N) is 2. The summed E-state index contributed by atoms with van der Waals surface area (Å²) in [5.74, 6) is 0.785. The number of hydrogen-bond donors (Lipinski definition) is 1. The number of carbonyl (C=O) groups excluding carboxylic acids is 2. The van der Waals surface area contributed by atoms with Crippen molar-refractivity contribution in [2.24, 2.45) is 0 Å². The van der Waals surface area contributed by atoms with Crippen molar-refractivity contribution in [1.29, 1.82) is 0 Å². The monoisotopic (exact) mass is 367 g/mol. The fourth-order valence-electron chi connectivity index (χ4n) is 3.25. The van der Waals surface area contributed by atoms with Crippen LogP contribution in [0, 0.1) is 13.8 Å². The predicted octanol–water partition coefficient (Wildman–Crippen LogP) is 3.30. The summed E-state index contributed by atoms with van der Waals surface area (Å²) in [5, 5.41) is 2.89. The molecule has 0 atom stereocenters. The maximum atomic E-state index is 12.9. The van der Waals surface area contributed by atoms with Gasteiger partial charge in [0, 0.05) is 37.4 Å². The lowest BCUT2D eigenvalue weighted by Crippen LogP contribution is -2.51. The van der Waals surface area contributed by atoms with Gasteiger partial charge in [-0.15, -0.1) is 0 Å². The highest BCUT2D eigenvalue weighted by molar-refractivity contribution is 5.96. The van der Waals surface area contributed by atoms with E-state index in [1.165, 1.54) is 0 Å². The minimum atomic E-state index is -0.134. The van der Waals surface area contributed by atoms with Crippen molar-refractivity contribution >= 4 is 17.6 Å². The SMILES string of the molecule is COc1cc(C)c(C(=O)N2CCN(C(=O)Nc3ccccc3)CC2)cc1C. The number of nitrogens with one attached hydrogen (secondary N) is 1. The smallest absolute Gasteiger partial charge is 0.321 e. The maximum Gasteiger partial charge on any atom is 0.321 e. The first kappa shape index (κ1) is 18.8. The van der Waals surface area contributed by atoms with Gasteiger partial charge in [-0.3, -0.25) is 4.79 Å². The fourth-order valence-corrected chi connectivity index (χ4v) is 3.25. The van der Waals surface area contributed by atoms with Gasteiger partial charge >= 0.3 is 6.03 Å². The second-order valence-electron chi connectivity index (χ2n) is 6.71. The molecule has 0 aliphatic carbocycles. The third-order valence-corrected chi connectivity index (χ3v) is 4.85. The van der Waals surface area contributed by atoms with Gasteiger partial charge < -0.3 is 19.9 Å². The molecule has 0 radical (unpaired) electrons. The van der Waals surface area contributed by atoms with E-state index in [4.69, 9.17) is 4.74 Å². The molecule has 0 saturated carbocycles. The molecule has 6 nitrogen and oxygen atoms in total. The van der Waals surface area contributed by atoms with Gasteiger partial charge in [0.05, 0.1) is 7.11 Å². The number of carbonyl (C=O) groups is 2. The molecule has 0 spiro atoms. The maximum absolute atomic E-state index is 12.9. The molecule has 0 bridgehead atoms. The minimum Gasteiger partial charge on any atom is -0.496 e. The molecule has 6 heteroatoms. The number of anilines is 1. The Morgan fingerprint density at radius 1 is 0.926 bits per heavy atom. The second-order valence-corrected chi connectivity index (χ2v) is 6.71. The molecular formula is C21H25N3O3. The molecule has 1 N–H and O–H groups in total. The third-order valence-electron chi connectivity index (χ3n) is 4.85. The summed E-state index contributed by atoms with van der Waals surface area (Å²) in [6, 6.07) is 13.0. The molecule has 2 aromatic carbocycles. The Bertz CT molecular complexity index is 828. The summed E-state index contributed by atoms with van der Waals surface area (Å²) in [5.41, 5.74) is 3.29. The van der Waals surface area contributed by atoms with E-state index < -0.39 is 0 Å². The summed E-state index contributed by atoms with van der Waals surface area (Å²) in [6.07, 6.45) is 0. The van der Waals surface area contributed by atoms with Crippen LogP contribution < -0.4 is 10.1 Å². The van der Waals surface area contributed by atoms with Crippen molar-refractivity contribution in [3.63, 3.8) is 0 Å². The number of hydrogen-bond acceptors (Lipinski definition) is 3. The van der Waals surface area contributed by atoms with E-state index in [1.807, 2.05) is 56.3 Å². The molecule has 0 aromatic heterocycles. The largest absolute Gasteiger partial charge is 0.496 e. The summed E-state index contributed by atoms with van der Waals surface area (Å²) in [7, 11) is 1.63. The van der Waals surface area contributed by atoms with E-state index in [0.29, 0.717) is 31.7 Å². The Morgan fingerprint density at radius 2 is 1.56 bits per heavy atom. The molecule has 1 aliphatic rings. The average molecular weight is 367 g/mol. The fraction of sp³-hybridized carbons (Fsp3) is 0.333. The first-order valence-corrected chi connectivity index (χ1v) is 9.05. The Morgan fingerprint density at radius 3 is 2.19 bits per heavy atom. The van der Waals surface area contributed by atoms with Crippen LogP contribution in [0.15, 0.2) is 42.5 Å². The number of urea groups is 1. The number of ether oxygens (including phenoxy) is 1. The van der Waals surface area contributed by atoms with Crippen LogP contribution in [0.4, 0.5) is 10.5 Å². The van der Waals surface area contributed by atoms with Crippen LogP contribution in [0.25, 0.3) is 0 Å². The lowest BCUT2D eigenvalue weighted by Gasteiger charge is -2.35. The van der Waals surface area contributed by atoms with Crippen LogP contribution in [-0.4, -0.2) is 55.0 Å². The Balaban J connectivity index is 1.61. The van der Waals surface area contributed by atoms with E-state index in [2.05, 4.69) is 5.32 Å². The number of rotatable bonds is 3. The van der Waals surface area contributed by atoms with E-state index >= 15 is 0 Å². The molecule has 1 heterocycles. The van der Waals surface area contributed by atoms with Crippen LogP contribution in [0.3, 0.4) is 0 Å². The summed E-state index contributed by atoms with van der Waals surface area (Å²) >= 11 is 0. The van der Waals surface area contributed by atoms with E-state index in [-0.39, 0.29) is 11.9 Å². The first-order chi connectivity index (χ1) is 13.0. The van der Waals surface area contributed by atoms with Gasteiger partial charge in [0.25, 0.3) is 5.91 Å². The van der Waals surface area contributed by atoms with Crippen LogP contribution in [0.2, 0.25) is 0 Å². The van der Waals surface area contributed by atoms with Gasteiger partial charge in [-0.25, -0.2) is 4.79 Å². The van der Waals surface area contributed by atoms with Crippen LogP contribution in [-0.2, 0) is 0 Å². The van der Waals surface area contributed by atoms with E-state index in [9.17, 15) is 9.59 Å². The van der Waals surface area contributed by atoms with Gasteiger partial charge in [-0.2, -0.15) is 0 Å². The van der Waals surface area contributed by atoms with Crippen molar-refractivity contribution in [2.45, 2.75) is 13.8 Å². The third kappa shape index (κ3) is 4.22. The van der Waals surface area contributed by atoms with Crippen molar-refractivity contribution in [3.05, 3.63) is 59.2 Å². The van der Waals surface area contributed by atoms with E-state index in [0.717, 1.165) is 22.6 Å². The zero-order valence-corrected chi connectivity index (χ0v) is 16.0. The van der Waals surface area contributed by atoms with Crippen molar-refractivity contribution < 1.29 is 14.3 Å². The predicted molar refractivity (Wildman–Crippen MR) is 105 cm³/mol. The van der Waals surface area contributed by atoms with Gasteiger partial charge in [-0.1, -0.05) is 18.2 Å². The molecule has 1 saturated heterocycles. The Kier molecular flexibility index (Phi) is 5.64. The molecule has 2 aromatic rings. The van der Waals surface area contributed by atoms with Gasteiger partial charge in [0.15, 0.2) is 0 Å².